The topological polar surface area (TPSA) is 61.5 Å². The molecule has 106 valence electrons. The number of carbonyl (C=O) groups is 1. The molecule has 0 aliphatic rings. The van der Waals surface area contributed by atoms with Crippen molar-refractivity contribution in [3.63, 3.8) is 0 Å². The van der Waals surface area contributed by atoms with Gasteiger partial charge in [0.15, 0.2) is 0 Å². The van der Waals surface area contributed by atoms with E-state index in [1.54, 1.807) is 14.0 Å². The molecule has 4 nitrogen and oxygen atoms in total. The second-order valence-electron chi connectivity index (χ2n) is 4.79. The Labute approximate surface area is 114 Å². The number of methoxy groups -OCH3 is 1. The molecule has 1 aromatic rings. The van der Waals surface area contributed by atoms with Gasteiger partial charge in [-0.05, 0) is 36.5 Å². The largest absolute Gasteiger partial charge is 0.496 e. The van der Waals surface area contributed by atoms with Gasteiger partial charge in [-0.15, -0.1) is 0 Å². The number of hydrogen-bond donors (Lipinski definition) is 1. The molecule has 0 spiro atoms. The normalized spacial score (nSPS) is 12.3. The molecule has 1 rings (SSSR count). The van der Waals surface area contributed by atoms with Crippen molar-refractivity contribution in [2.45, 2.75) is 39.2 Å². The van der Waals surface area contributed by atoms with Gasteiger partial charge >= 0.3 is 5.97 Å². The zero-order valence-corrected chi connectivity index (χ0v) is 12.1. The van der Waals surface area contributed by atoms with Crippen LogP contribution in [0.4, 0.5) is 0 Å². The molecule has 19 heavy (non-hydrogen) atoms. The van der Waals surface area contributed by atoms with E-state index in [9.17, 15) is 4.79 Å². The Morgan fingerprint density at radius 1 is 1.37 bits per heavy atom. The summed E-state index contributed by atoms with van der Waals surface area (Å²) in [5, 5.41) is 0. The molecule has 2 N–H and O–H groups in total. The second kappa shape index (κ2) is 7.14. The van der Waals surface area contributed by atoms with Crippen LogP contribution >= 0.6 is 0 Å². The van der Waals surface area contributed by atoms with Gasteiger partial charge in [0.25, 0.3) is 0 Å². The predicted octanol–water partition coefficient (Wildman–Crippen LogP) is 2.25. The first-order valence-corrected chi connectivity index (χ1v) is 6.58. The monoisotopic (exact) mass is 265 g/mol. The van der Waals surface area contributed by atoms with E-state index in [1.165, 1.54) is 0 Å². The first kappa shape index (κ1) is 15.5. The minimum atomic E-state index is -0.617. The fraction of sp³-hybridized carbons (Fsp3) is 0.533. The van der Waals surface area contributed by atoms with Gasteiger partial charge in [0.1, 0.15) is 11.8 Å². The van der Waals surface area contributed by atoms with E-state index in [0.717, 1.165) is 16.9 Å². The maximum Gasteiger partial charge on any atom is 0.323 e. The summed E-state index contributed by atoms with van der Waals surface area (Å²) in [4.78, 5) is 11.5. The van der Waals surface area contributed by atoms with Gasteiger partial charge in [-0.2, -0.15) is 0 Å². The number of ether oxygens (including phenoxy) is 2. The van der Waals surface area contributed by atoms with Gasteiger partial charge in [0, 0.05) is 0 Å². The molecule has 1 atom stereocenters. The molecule has 0 aromatic heterocycles. The van der Waals surface area contributed by atoms with Crippen LogP contribution in [0.1, 0.15) is 37.8 Å². The van der Waals surface area contributed by atoms with Crippen LogP contribution in [-0.2, 0) is 16.0 Å². The van der Waals surface area contributed by atoms with Crippen molar-refractivity contribution in [2.24, 2.45) is 5.73 Å². The third-order valence-corrected chi connectivity index (χ3v) is 2.96. The number of nitrogens with two attached hydrogens (primary N) is 1. The summed E-state index contributed by atoms with van der Waals surface area (Å²) in [6, 6.07) is 5.28. The van der Waals surface area contributed by atoms with Crippen molar-refractivity contribution >= 4 is 5.97 Å². The molecule has 0 saturated heterocycles. The van der Waals surface area contributed by atoms with Crippen LogP contribution in [-0.4, -0.2) is 25.7 Å². The lowest BCUT2D eigenvalue weighted by Crippen LogP contribution is -2.34. The summed E-state index contributed by atoms with van der Waals surface area (Å²) in [7, 11) is 1.66. The summed E-state index contributed by atoms with van der Waals surface area (Å²) in [6.07, 6.45) is 0.475. The number of hydrogen-bond acceptors (Lipinski definition) is 4. The van der Waals surface area contributed by atoms with E-state index in [-0.39, 0.29) is 5.97 Å². The molecule has 0 radical (unpaired) electrons. The molecular formula is C15H23NO3. The molecule has 0 amide bonds. The third-order valence-electron chi connectivity index (χ3n) is 2.96. The number of esters is 1. The maximum absolute atomic E-state index is 11.5. The predicted molar refractivity (Wildman–Crippen MR) is 75.4 cm³/mol. The zero-order chi connectivity index (χ0) is 14.4. The van der Waals surface area contributed by atoms with Gasteiger partial charge in [-0.25, -0.2) is 0 Å². The average Bonchev–Trinajstić information content (AvgIpc) is 2.38. The molecule has 0 fully saturated rings. The zero-order valence-electron chi connectivity index (χ0n) is 12.1. The smallest absolute Gasteiger partial charge is 0.323 e. The van der Waals surface area contributed by atoms with Crippen molar-refractivity contribution in [3.8, 4) is 5.75 Å². The molecule has 4 heteroatoms. The van der Waals surface area contributed by atoms with Gasteiger partial charge in [0.05, 0.1) is 13.7 Å². The van der Waals surface area contributed by atoms with Crippen molar-refractivity contribution in [2.75, 3.05) is 13.7 Å². The molecule has 0 bridgehead atoms. The van der Waals surface area contributed by atoms with E-state index in [4.69, 9.17) is 15.2 Å². The van der Waals surface area contributed by atoms with Crippen LogP contribution in [0, 0.1) is 0 Å². The lowest BCUT2D eigenvalue weighted by atomic mass is 9.97. The fourth-order valence-corrected chi connectivity index (χ4v) is 1.95. The molecule has 0 aliphatic heterocycles. The Balaban J connectivity index is 2.85. The highest BCUT2D eigenvalue weighted by Crippen LogP contribution is 2.27. The average molecular weight is 265 g/mol. The third kappa shape index (κ3) is 4.24. The summed E-state index contributed by atoms with van der Waals surface area (Å²) in [5.74, 6) is 0.863. The Bertz CT molecular complexity index is 429. The highest BCUT2D eigenvalue weighted by atomic mass is 16.5. The Morgan fingerprint density at radius 2 is 2.05 bits per heavy atom. The minimum Gasteiger partial charge on any atom is -0.496 e. The summed E-state index contributed by atoms with van der Waals surface area (Å²) < 4.78 is 10.2. The van der Waals surface area contributed by atoms with Gasteiger partial charge in [0.2, 0.25) is 0 Å². The molecular weight excluding hydrogens is 242 g/mol. The van der Waals surface area contributed by atoms with Gasteiger partial charge < -0.3 is 15.2 Å². The van der Waals surface area contributed by atoms with Gasteiger partial charge in [-0.3, -0.25) is 4.79 Å². The van der Waals surface area contributed by atoms with Gasteiger partial charge in [-0.1, -0.05) is 26.0 Å². The van der Waals surface area contributed by atoms with Crippen LogP contribution in [0.3, 0.4) is 0 Å². The summed E-state index contributed by atoms with van der Waals surface area (Å²) in [5.41, 5.74) is 7.97. The molecule has 0 saturated carbocycles. The quantitative estimate of drug-likeness (QED) is 0.801. The Hall–Kier alpha value is -1.55. The van der Waals surface area contributed by atoms with E-state index in [2.05, 4.69) is 13.8 Å². The van der Waals surface area contributed by atoms with Crippen molar-refractivity contribution < 1.29 is 14.3 Å². The Kier molecular flexibility index (Phi) is 5.83. The van der Waals surface area contributed by atoms with Crippen LogP contribution in [0.5, 0.6) is 5.75 Å². The first-order valence-electron chi connectivity index (χ1n) is 6.58. The molecule has 0 heterocycles. The van der Waals surface area contributed by atoms with Crippen molar-refractivity contribution in [3.05, 3.63) is 29.3 Å². The highest BCUT2D eigenvalue weighted by molar-refractivity contribution is 5.75. The van der Waals surface area contributed by atoms with Crippen molar-refractivity contribution in [1.82, 2.24) is 0 Å². The fourth-order valence-electron chi connectivity index (χ4n) is 1.95. The molecule has 1 aromatic carbocycles. The lowest BCUT2D eigenvalue weighted by molar-refractivity contribution is -0.144. The minimum absolute atomic E-state index is 0.354. The lowest BCUT2D eigenvalue weighted by Gasteiger charge is -2.15. The van der Waals surface area contributed by atoms with Crippen LogP contribution < -0.4 is 10.5 Å². The van der Waals surface area contributed by atoms with E-state index < -0.39 is 6.04 Å². The van der Waals surface area contributed by atoms with Crippen LogP contribution in [0.15, 0.2) is 18.2 Å². The summed E-state index contributed by atoms with van der Waals surface area (Å²) in [6.45, 7) is 6.33. The SMILES string of the molecule is CCOC(=O)C(N)Cc1ccc(OC)c(C(C)C)c1. The second-order valence-corrected chi connectivity index (χ2v) is 4.79. The maximum atomic E-state index is 11.5. The standard InChI is InChI=1S/C15H23NO3/c1-5-19-15(17)13(16)9-11-6-7-14(18-4)12(8-11)10(2)3/h6-8,10,13H,5,9,16H2,1-4H3. The molecule has 1 unspecified atom stereocenters. The van der Waals surface area contributed by atoms with E-state index in [0.29, 0.717) is 18.9 Å². The van der Waals surface area contributed by atoms with Crippen LogP contribution in [0.25, 0.3) is 0 Å². The summed E-state index contributed by atoms with van der Waals surface area (Å²) >= 11 is 0. The number of rotatable bonds is 6. The number of benzene rings is 1. The number of carbonyl (C=O) groups excluding carboxylic acids is 1. The van der Waals surface area contributed by atoms with Crippen LogP contribution in [0.2, 0.25) is 0 Å². The van der Waals surface area contributed by atoms with E-state index >= 15 is 0 Å². The highest BCUT2D eigenvalue weighted by Gasteiger charge is 2.16. The molecule has 0 aliphatic carbocycles. The van der Waals surface area contributed by atoms with Crippen molar-refractivity contribution in [1.29, 1.82) is 0 Å². The first-order chi connectivity index (χ1) is 8.99. The Morgan fingerprint density at radius 3 is 2.58 bits per heavy atom. The van der Waals surface area contributed by atoms with E-state index in [1.807, 2.05) is 18.2 Å².